The van der Waals surface area contributed by atoms with E-state index in [2.05, 4.69) is 32.1 Å². The van der Waals surface area contributed by atoms with E-state index in [4.69, 9.17) is 4.74 Å². The van der Waals surface area contributed by atoms with Crippen molar-refractivity contribution >= 4 is 11.9 Å². The minimum Gasteiger partial charge on any atom is -0.497 e. The molecule has 4 aliphatic carbocycles. The van der Waals surface area contributed by atoms with Gasteiger partial charge in [-0.3, -0.25) is 4.79 Å². The first-order chi connectivity index (χ1) is 14.0. The number of carbonyl (C=O) groups excluding carboxylic acids is 1. The number of ether oxygens (including phenoxy) is 1. The van der Waals surface area contributed by atoms with Crippen LogP contribution in [0.25, 0.3) is 6.08 Å². The summed E-state index contributed by atoms with van der Waals surface area (Å²) in [7, 11) is 1.69. The number of ketones is 1. The zero-order chi connectivity index (χ0) is 20.2. The zero-order valence-corrected chi connectivity index (χ0v) is 18.4. The van der Waals surface area contributed by atoms with Crippen LogP contribution in [0.5, 0.6) is 5.75 Å². The lowest BCUT2D eigenvalue weighted by Crippen LogP contribution is -2.52. The van der Waals surface area contributed by atoms with Crippen molar-refractivity contribution in [3.8, 4) is 5.75 Å². The molecule has 0 aliphatic heterocycles. The Labute approximate surface area is 176 Å². The summed E-state index contributed by atoms with van der Waals surface area (Å²) in [5, 5.41) is 0. The molecule has 156 valence electrons. The van der Waals surface area contributed by atoms with Gasteiger partial charge in [-0.15, -0.1) is 0 Å². The molecule has 1 aromatic rings. The molecule has 2 heteroatoms. The van der Waals surface area contributed by atoms with Crippen molar-refractivity contribution in [2.24, 2.45) is 34.5 Å². The summed E-state index contributed by atoms with van der Waals surface area (Å²) in [6.07, 6.45) is 14.0. The zero-order valence-electron chi connectivity index (χ0n) is 18.4. The highest BCUT2D eigenvalue weighted by atomic mass is 16.5. The number of hydrogen-bond donors (Lipinski definition) is 0. The lowest BCUT2D eigenvalue weighted by Gasteiger charge is -2.59. The first-order valence-corrected chi connectivity index (χ1v) is 11.8. The second-order valence-electron chi connectivity index (χ2n) is 10.8. The average Bonchev–Trinajstić information content (AvgIpc) is 2.99. The molecule has 4 fully saturated rings. The largest absolute Gasteiger partial charge is 0.497 e. The number of rotatable bonds is 2. The molecule has 0 aromatic heterocycles. The molecule has 0 saturated heterocycles. The van der Waals surface area contributed by atoms with Gasteiger partial charge in [0.2, 0.25) is 0 Å². The van der Waals surface area contributed by atoms with Crippen molar-refractivity contribution in [1.82, 2.24) is 0 Å². The van der Waals surface area contributed by atoms with Crippen molar-refractivity contribution in [3.63, 3.8) is 0 Å². The summed E-state index contributed by atoms with van der Waals surface area (Å²) in [5.74, 6) is 4.39. The standard InChI is InChI=1S/C27H36O2/c1-26-14-5-4-6-20(26)9-12-22-23(26)13-15-27(2)24(22)17-19(25(27)28)16-18-7-10-21(29-3)11-8-18/h7-8,10-11,16,20,22-24H,4-6,9,12-15,17H2,1-3H3/b19-16+/t20?,22?,23?,24?,26-,27-/m1/s1. The molecule has 0 N–H and O–H groups in total. The SMILES string of the molecule is COc1ccc(/C=C2\CC3C4CCC5CCCC[C@@]5(C)C4CC[C@@]3(C)C2=O)cc1. The van der Waals surface area contributed by atoms with Crippen LogP contribution in [0.2, 0.25) is 0 Å². The summed E-state index contributed by atoms with van der Waals surface area (Å²) in [6, 6.07) is 8.12. The molecule has 1 aromatic carbocycles. The molecule has 4 unspecified atom stereocenters. The molecular weight excluding hydrogens is 356 g/mol. The predicted molar refractivity (Wildman–Crippen MR) is 118 cm³/mol. The van der Waals surface area contributed by atoms with E-state index in [0.29, 0.717) is 17.1 Å². The van der Waals surface area contributed by atoms with Crippen LogP contribution in [0.1, 0.15) is 77.2 Å². The molecule has 29 heavy (non-hydrogen) atoms. The summed E-state index contributed by atoms with van der Waals surface area (Å²) < 4.78 is 5.28. The second kappa shape index (κ2) is 7.00. The van der Waals surface area contributed by atoms with Crippen LogP contribution in [0, 0.1) is 34.5 Å². The lowest BCUT2D eigenvalue weighted by molar-refractivity contribution is -0.137. The number of fused-ring (bicyclic) bond motifs is 5. The maximum Gasteiger partial charge on any atom is 0.165 e. The molecule has 0 radical (unpaired) electrons. The van der Waals surface area contributed by atoms with Gasteiger partial charge in [-0.25, -0.2) is 0 Å². The van der Waals surface area contributed by atoms with Crippen LogP contribution < -0.4 is 4.74 Å². The van der Waals surface area contributed by atoms with Gasteiger partial charge in [0.1, 0.15) is 5.75 Å². The molecule has 0 amide bonds. The van der Waals surface area contributed by atoms with Crippen molar-refractivity contribution in [2.75, 3.05) is 7.11 Å². The van der Waals surface area contributed by atoms with Gasteiger partial charge >= 0.3 is 0 Å². The van der Waals surface area contributed by atoms with E-state index >= 15 is 0 Å². The minimum atomic E-state index is -0.128. The molecular formula is C27H36O2. The van der Waals surface area contributed by atoms with Crippen LogP contribution in [-0.4, -0.2) is 12.9 Å². The fourth-order valence-electron chi connectivity index (χ4n) is 8.00. The van der Waals surface area contributed by atoms with Gasteiger partial charge in [-0.05, 0) is 103 Å². The molecule has 5 rings (SSSR count). The monoisotopic (exact) mass is 392 g/mol. The van der Waals surface area contributed by atoms with Gasteiger partial charge in [0, 0.05) is 5.41 Å². The van der Waals surface area contributed by atoms with Crippen LogP contribution in [0.3, 0.4) is 0 Å². The average molecular weight is 393 g/mol. The highest BCUT2D eigenvalue weighted by molar-refractivity contribution is 6.05. The van der Waals surface area contributed by atoms with E-state index in [9.17, 15) is 4.79 Å². The van der Waals surface area contributed by atoms with Gasteiger partial charge in [0.15, 0.2) is 5.78 Å². The number of Topliss-reactive ketones (excluding diaryl/α,β-unsaturated/α-hetero) is 1. The van der Waals surface area contributed by atoms with Gasteiger partial charge in [0.25, 0.3) is 0 Å². The van der Waals surface area contributed by atoms with Crippen molar-refractivity contribution in [3.05, 3.63) is 35.4 Å². The first-order valence-electron chi connectivity index (χ1n) is 11.8. The van der Waals surface area contributed by atoms with Crippen LogP contribution in [0.4, 0.5) is 0 Å². The third kappa shape index (κ3) is 2.93. The van der Waals surface area contributed by atoms with E-state index < -0.39 is 0 Å². The number of hydrogen-bond acceptors (Lipinski definition) is 2. The van der Waals surface area contributed by atoms with Gasteiger partial charge in [-0.2, -0.15) is 0 Å². The Bertz CT molecular complexity index is 821. The van der Waals surface area contributed by atoms with Crippen LogP contribution in [0.15, 0.2) is 29.8 Å². The van der Waals surface area contributed by atoms with Gasteiger partial charge in [-0.1, -0.05) is 38.8 Å². The molecule has 0 bridgehead atoms. The Balaban J connectivity index is 1.43. The van der Waals surface area contributed by atoms with E-state index in [1.165, 1.54) is 44.9 Å². The molecule has 2 nitrogen and oxygen atoms in total. The van der Waals surface area contributed by atoms with Crippen LogP contribution in [-0.2, 0) is 4.79 Å². The summed E-state index contributed by atoms with van der Waals surface area (Å²) >= 11 is 0. The maximum atomic E-state index is 13.5. The normalized spacial score (nSPS) is 42.9. The molecule has 4 aliphatic rings. The van der Waals surface area contributed by atoms with Gasteiger partial charge in [0.05, 0.1) is 7.11 Å². The van der Waals surface area contributed by atoms with E-state index in [1.54, 1.807) is 7.11 Å². The minimum absolute atomic E-state index is 0.128. The fourth-order valence-corrected chi connectivity index (χ4v) is 8.00. The van der Waals surface area contributed by atoms with E-state index in [0.717, 1.165) is 47.5 Å². The number of carbonyl (C=O) groups is 1. The Morgan fingerprint density at radius 3 is 2.52 bits per heavy atom. The Kier molecular flexibility index (Phi) is 4.68. The van der Waals surface area contributed by atoms with Crippen LogP contribution >= 0.6 is 0 Å². The predicted octanol–water partition coefficient (Wildman–Crippen LogP) is 6.69. The van der Waals surface area contributed by atoms with Crippen molar-refractivity contribution < 1.29 is 9.53 Å². The Morgan fingerprint density at radius 2 is 1.76 bits per heavy atom. The quantitative estimate of drug-likeness (QED) is 0.524. The highest BCUT2D eigenvalue weighted by Gasteiger charge is 2.60. The highest BCUT2D eigenvalue weighted by Crippen LogP contribution is 2.66. The topological polar surface area (TPSA) is 26.3 Å². The Morgan fingerprint density at radius 1 is 0.966 bits per heavy atom. The molecule has 0 heterocycles. The fraction of sp³-hybridized carbons (Fsp3) is 0.667. The van der Waals surface area contributed by atoms with E-state index in [1.807, 2.05) is 12.1 Å². The third-order valence-corrected chi connectivity index (χ3v) is 9.68. The number of benzene rings is 1. The maximum absolute atomic E-state index is 13.5. The van der Waals surface area contributed by atoms with Crippen molar-refractivity contribution in [2.45, 2.75) is 71.6 Å². The van der Waals surface area contributed by atoms with E-state index in [-0.39, 0.29) is 5.41 Å². The third-order valence-electron chi connectivity index (χ3n) is 9.68. The second-order valence-corrected chi connectivity index (χ2v) is 10.8. The van der Waals surface area contributed by atoms with Crippen molar-refractivity contribution in [1.29, 1.82) is 0 Å². The molecule has 4 saturated carbocycles. The summed E-state index contributed by atoms with van der Waals surface area (Å²) in [4.78, 5) is 13.5. The number of allylic oxidation sites excluding steroid dienone is 1. The Hall–Kier alpha value is -1.57. The molecule has 6 atom stereocenters. The summed E-state index contributed by atoms with van der Waals surface area (Å²) in [6.45, 7) is 4.90. The lowest BCUT2D eigenvalue weighted by atomic mass is 9.45. The molecule has 0 spiro atoms. The summed E-state index contributed by atoms with van der Waals surface area (Å²) in [5.41, 5.74) is 2.60. The van der Waals surface area contributed by atoms with Gasteiger partial charge < -0.3 is 4.74 Å². The number of methoxy groups -OCH3 is 1. The first kappa shape index (κ1) is 19.4. The smallest absolute Gasteiger partial charge is 0.165 e.